The molecule has 0 aliphatic rings. The van der Waals surface area contributed by atoms with Crippen LogP contribution in [0.5, 0.6) is 0 Å². The monoisotopic (exact) mass is 383 g/mol. The molecule has 0 spiro atoms. The zero-order valence-corrected chi connectivity index (χ0v) is 14.3. The molecule has 0 saturated heterocycles. The predicted octanol–water partition coefficient (Wildman–Crippen LogP) is 3.79. The van der Waals surface area contributed by atoms with E-state index in [0.29, 0.717) is 6.04 Å². The largest absolute Gasteiger partial charge is 0.310 e. The van der Waals surface area contributed by atoms with Gasteiger partial charge in [0.2, 0.25) is 0 Å². The topological polar surface area (TPSA) is 29.9 Å². The van der Waals surface area contributed by atoms with Gasteiger partial charge in [-0.1, -0.05) is 19.1 Å². The average molecular weight is 383 g/mol. The molecule has 1 aromatic heterocycles. The molecule has 2 rings (SSSR count). The molecular formula is C16H22IN3. The van der Waals surface area contributed by atoms with Crippen molar-refractivity contribution in [3.8, 4) is 0 Å². The van der Waals surface area contributed by atoms with Gasteiger partial charge in [-0.25, -0.2) is 0 Å². The van der Waals surface area contributed by atoms with Crippen LogP contribution in [0.4, 0.5) is 0 Å². The third kappa shape index (κ3) is 4.31. The Morgan fingerprint density at radius 3 is 2.60 bits per heavy atom. The second-order valence-electron chi connectivity index (χ2n) is 4.97. The van der Waals surface area contributed by atoms with Crippen molar-refractivity contribution in [2.75, 3.05) is 6.54 Å². The van der Waals surface area contributed by atoms with Crippen molar-refractivity contribution in [2.45, 2.75) is 39.3 Å². The Bertz CT molecular complexity index is 519. The lowest BCUT2D eigenvalue weighted by Gasteiger charge is -2.18. The average Bonchev–Trinajstić information content (AvgIpc) is 2.92. The highest BCUT2D eigenvalue weighted by molar-refractivity contribution is 14.1. The molecule has 0 amide bonds. The summed E-state index contributed by atoms with van der Waals surface area (Å²) in [5, 5.41) is 8.00. The van der Waals surface area contributed by atoms with E-state index in [1.54, 1.807) is 0 Å². The third-order valence-corrected chi connectivity index (χ3v) is 4.08. The minimum Gasteiger partial charge on any atom is -0.310 e. The zero-order valence-electron chi connectivity index (χ0n) is 12.1. The summed E-state index contributed by atoms with van der Waals surface area (Å²) in [7, 11) is 0. The molecule has 0 saturated carbocycles. The van der Waals surface area contributed by atoms with Crippen LogP contribution in [0.2, 0.25) is 0 Å². The normalized spacial score (nSPS) is 12.6. The molecule has 20 heavy (non-hydrogen) atoms. The number of hydrogen-bond acceptors (Lipinski definition) is 2. The maximum absolute atomic E-state index is 4.36. The number of rotatable bonds is 7. The highest BCUT2D eigenvalue weighted by Gasteiger charge is 2.12. The van der Waals surface area contributed by atoms with E-state index >= 15 is 0 Å². The second-order valence-corrected chi connectivity index (χ2v) is 6.21. The fourth-order valence-corrected chi connectivity index (χ4v) is 2.60. The van der Waals surface area contributed by atoms with E-state index in [1.807, 2.05) is 10.9 Å². The number of nitrogens with one attached hydrogen (secondary N) is 1. The van der Waals surface area contributed by atoms with Crippen LogP contribution in [0, 0.1) is 3.57 Å². The molecule has 0 aliphatic heterocycles. The first-order valence-corrected chi connectivity index (χ1v) is 8.31. The van der Waals surface area contributed by atoms with E-state index in [1.165, 1.54) is 14.7 Å². The van der Waals surface area contributed by atoms with Gasteiger partial charge in [0.1, 0.15) is 0 Å². The van der Waals surface area contributed by atoms with Crippen LogP contribution in [0.1, 0.15) is 37.4 Å². The maximum atomic E-state index is 4.36. The summed E-state index contributed by atoms with van der Waals surface area (Å²) in [4.78, 5) is 0. The molecule has 3 nitrogen and oxygen atoms in total. The smallest absolute Gasteiger partial charge is 0.0522 e. The van der Waals surface area contributed by atoms with Crippen LogP contribution in [-0.4, -0.2) is 16.3 Å². The van der Waals surface area contributed by atoms with Gasteiger partial charge in [0.25, 0.3) is 0 Å². The van der Waals surface area contributed by atoms with Gasteiger partial charge < -0.3 is 5.32 Å². The van der Waals surface area contributed by atoms with E-state index in [0.717, 1.165) is 25.9 Å². The Balaban J connectivity index is 2.12. The molecule has 108 valence electrons. The fourth-order valence-electron chi connectivity index (χ4n) is 2.24. The summed E-state index contributed by atoms with van der Waals surface area (Å²) in [6.45, 7) is 6.28. The van der Waals surface area contributed by atoms with E-state index in [9.17, 15) is 0 Å². The summed E-state index contributed by atoms with van der Waals surface area (Å²) >= 11 is 2.35. The summed E-state index contributed by atoms with van der Waals surface area (Å²) in [6, 6.07) is 9.15. The minimum absolute atomic E-state index is 0.362. The molecule has 0 fully saturated rings. The molecule has 1 N–H and O–H groups in total. The quantitative estimate of drug-likeness (QED) is 0.738. The van der Waals surface area contributed by atoms with Gasteiger partial charge in [-0.2, -0.15) is 5.10 Å². The van der Waals surface area contributed by atoms with Gasteiger partial charge in [-0.05, 0) is 72.2 Å². The van der Waals surface area contributed by atoms with Gasteiger partial charge in [-0.15, -0.1) is 0 Å². The lowest BCUT2D eigenvalue weighted by molar-refractivity contribution is 0.529. The summed E-state index contributed by atoms with van der Waals surface area (Å²) in [5.74, 6) is 0. The minimum atomic E-state index is 0.362. The first-order chi connectivity index (χ1) is 9.72. The number of aromatic nitrogens is 2. The Hall–Kier alpha value is -0.880. The molecule has 4 heteroatoms. The zero-order chi connectivity index (χ0) is 14.4. The number of nitrogens with zero attached hydrogens (tertiary/aromatic N) is 2. The van der Waals surface area contributed by atoms with E-state index < -0.39 is 0 Å². The molecule has 0 radical (unpaired) electrons. The molecule has 1 heterocycles. The van der Waals surface area contributed by atoms with Crippen molar-refractivity contribution < 1.29 is 0 Å². The van der Waals surface area contributed by atoms with Crippen LogP contribution >= 0.6 is 22.6 Å². The Kier molecular flexibility index (Phi) is 6.04. The number of benzene rings is 1. The van der Waals surface area contributed by atoms with Gasteiger partial charge in [0.05, 0.1) is 6.20 Å². The lowest BCUT2D eigenvalue weighted by atomic mass is 10.0. The molecule has 1 aromatic carbocycles. The standard InChI is InChI=1S/C16H22IN3/c1-3-9-18-16(14-5-7-15(17)8-6-14)10-13-11-19-20(4-2)12-13/h5-8,11-12,16,18H,3-4,9-10H2,1-2H3. The summed E-state index contributed by atoms with van der Waals surface area (Å²) in [5.41, 5.74) is 2.64. The van der Waals surface area contributed by atoms with Crippen molar-refractivity contribution in [2.24, 2.45) is 0 Å². The van der Waals surface area contributed by atoms with Crippen molar-refractivity contribution in [1.82, 2.24) is 15.1 Å². The van der Waals surface area contributed by atoms with Gasteiger partial charge >= 0.3 is 0 Å². The van der Waals surface area contributed by atoms with Crippen molar-refractivity contribution in [3.63, 3.8) is 0 Å². The molecule has 2 aromatic rings. The molecular weight excluding hydrogens is 361 g/mol. The van der Waals surface area contributed by atoms with Crippen LogP contribution in [0.15, 0.2) is 36.7 Å². The Morgan fingerprint density at radius 2 is 2.00 bits per heavy atom. The molecule has 1 atom stereocenters. The fraction of sp³-hybridized carbons (Fsp3) is 0.438. The SMILES string of the molecule is CCCNC(Cc1cnn(CC)c1)c1ccc(I)cc1. The Labute approximate surface area is 134 Å². The summed E-state index contributed by atoms with van der Waals surface area (Å²) < 4.78 is 3.26. The first-order valence-electron chi connectivity index (χ1n) is 7.23. The van der Waals surface area contributed by atoms with Gasteiger partial charge in [0.15, 0.2) is 0 Å². The van der Waals surface area contributed by atoms with Crippen molar-refractivity contribution in [3.05, 3.63) is 51.4 Å². The maximum Gasteiger partial charge on any atom is 0.0522 e. The van der Waals surface area contributed by atoms with Crippen molar-refractivity contribution >= 4 is 22.6 Å². The highest BCUT2D eigenvalue weighted by atomic mass is 127. The van der Waals surface area contributed by atoms with Crippen LogP contribution in [0.3, 0.4) is 0 Å². The van der Waals surface area contributed by atoms with Crippen LogP contribution < -0.4 is 5.32 Å². The van der Waals surface area contributed by atoms with E-state index in [4.69, 9.17) is 0 Å². The number of halogens is 1. The van der Waals surface area contributed by atoms with Crippen LogP contribution in [0.25, 0.3) is 0 Å². The third-order valence-electron chi connectivity index (χ3n) is 3.36. The first kappa shape index (κ1) is 15.5. The number of aryl methyl sites for hydroxylation is 1. The van der Waals surface area contributed by atoms with Crippen LogP contribution in [-0.2, 0) is 13.0 Å². The summed E-state index contributed by atoms with van der Waals surface area (Å²) in [6.07, 6.45) is 6.26. The van der Waals surface area contributed by atoms with E-state index in [-0.39, 0.29) is 0 Å². The highest BCUT2D eigenvalue weighted by Crippen LogP contribution is 2.19. The molecule has 0 aliphatic carbocycles. The lowest BCUT2D eigenvalue weighted by Crippen LogP contribution is -2.24. The van der Waals surface area contributed by atoms with Gasteiger partial charge in [0, 0.05) is 22.4 Å². The molecule has 1 unspecified atom stereocenters. The Morgan fingerprint density at radius 1 is 1.25 bits per heavy atom. The van der Waals surface area contributed by atoms with Crippen molar-refractivity contribution in [1.29, 1.82) is 0 Å². The predicted molar refractivity (Wildman–Crippen MR) is 91.8 cm³/mol. The van der Waals surface area contributed by atoms with Gasteiger partial charge in [-0.3, -0.25) is 4.68 Å². The second kappa shape index (κ2) is 7.78. The number of hydrogen-bond donors (Lipinski definition) is 1. The van der Waals surface area contributed by atoms with E-state index in [2.05, 4.69) is 77.3 Å². The molecule has 0 bridgehead atoms.